The molecule has 0 saturated heterocycles. The van der Waals surface area contributed by atoms with E-state index in [1.165, 1.54) is 54.4 Å². The van der Waals surface area contributed by atoms with E-state index in [0.717, 1.165) is 12.1 Å². The van der Waals surface area contributed by atoms with Gasteiger partial charge in [0.25, 0.3) is 0 Å². The fourth-order valence-electron chi connectivity index (χ4n) is 3.24. The summed E-state index contributed by atoms with van der Waals surface area (Å²) in [7, 11) is 0. The Hall–Kier alpha value is -1.63. The summed E-state index contributed by atoms with van der Waals surface area (Å²) in [6.45, 7) is 9.11. The molecule has 0 aliphatic rings. The first-order valence-electron chi connectivity index (χ1n) is 8.72. The Bertz CT molecular complexity index is 599. The molecule has 0 bridgehead atoms. The lowest BCUT2D eigenvalue weighted by Crippen LogP contribution is -2.03. The summed E-state index contributed by atoms with van der Waals surface area (Å²) >= 11 is 0. The van der Waals surface area contributed by atoms with E-state index in [1.54, 1.807) is 5.56 Å². The minimum Gasteiger partial charge on any atom is -0.256 e. The van der Waals surface area contributed by atoms with Crippen LogP contribution < -0.4 is 0 Å². The van der Waals surface area contributed by atoms with Crippen LogP contribution in [-0.4, -0.2) is 4.98 Å². The molecule has 0 aliphatic carbocycles. The second kappa shape index (κ2) is 8.12. The van der Waals surface area contributed by atoms with Crippen molar-refractivity contribution in [3.63, 3.8) is 0 Å². The third-order valence-corrected chi connectivity index (χ3v) is 4.57. The van der Waals surface area contributed by atoms with Crippen molar-refractivity contribution in [2.75, 3.05) is 0 Å². The minimum atomic E-state index is 1.11. The van der Waals surface area contributed by atoms with Crippen LogP contribution in [0.1, 0.15) is 61.8 Å². The molecule has 0 N–H and O–H groups in total. The minimum absolute atomic E-state index is 1.11. The molecule has 1 heterocycles. The molecule has 0 spiro atoms. The van der Waals surface area contributed by atoms with E-state index in [4.69, 9.17) is 0 Å². The van der Waals surface area contributed by atoms with Gasteiger partial charge in [-0.25, -0.2) is 0 Å². The van der Waals surface area contributed by atoms with Gasteiger partial charge >= 0.3 is 0 Å². The molecule has 0 atom stereocenters. The summed E-state index contributed by atoms with van der Waals surface area (Å²) in [4.78, 5) is 4.59. The summed E-state index contributed by atoms with van der Waals surface area (Å²) in [5.74, 6) is 0. The molecule has 0 radical (unpaired) electrons. The highest BCUT2D eigenvalue weighted by atomic mass is 14.7. The van der Waals surface area contributed by atoms with Crippen LogP contribution in [0, 0.1) is 13.8 Å². The van der Waals surface area contributed by atoms with Gasteiger partial charge in [-0.15, -0.1) is 0 Å². The van der Waals surface area contributed by atoms with Crippen molar-refractivity contribution >= 4 is 0 Å². The summed E-state index contributed by atoms with van der Waals surface area (Å²) in [5, 5.41) is 0. The third kappa shape index (κ3) is 3.76. The summed E-state index contributed by atoms with van der Waals surface area (Å²) in [6.07, 6.45) is 9.28. The molecule has 118 valence electrons. The van der Waals surface area contributed by atoms with Crippen LogP contribution in [0.4, 0.5) is 0 Å². The normalized spacial score (nSPS) is 10.9. The molecular formula is C21H29N. The smallest absolute Gasteiger partial charge is 0.0704 e. The molecule has 0 aliphatic heterocycles. The van der Waals surface area contributed by atoms with Crippen LogP contribution in [0.25, 0.3) is 11.3 Å². The zero-order valence-electron chi connectivity index (χ0n) is 14.6. The standard InChI is InChI=1S/C21H29N/c1-5-7-11-18-16(3)15-20(21-13-9-10-14-22-21)19(17(18)4)12-8-6-2/h9-10,13-15H,5-8,11-12H2,1-4H3. The fraction of sp³-hybridized carbons (Fsp3) is 0.476. The summed E-state index contributed by atoms with van der Waals surface area (Å²) < 4.78 is 0. The van der Waals surface area contributed by atoms with Gasteiger partial charge in [0.05, 0.1) is 5.69 Å². The molecule has 22 heavy (non-hydrogen) atoms. The van der Waals surface area contributed by atoms with Crippen LogP contribution >= 0.6 is 0 Å². The molecule has 2 rings (SSSR count). The topological polar surface area (TPSA) is 12.9 Å². The van der Waals surface area contributed by atoms with Gasteiger partial charge in [-0.2, -0.15) is 0 Å². The van der Waals surface area contributed by atoms with E-state index >= 15 is 0 Å². The lowest BCUT2D eigenvalue weighted by atomic mass is 9.87. The quantitative estimate of drug-likeness (QED) is 0.606. The first-order valence-corrected chi connectivity index (χ1v) is 8.72. The predicted molar refractivity (Wildman–Crippen MR) is 96.4 cm³/mol. The molecule has 0 fully saturated rings. The maximum atomic E-state index is 4.59. The van der Waals surface area contributed by atoms with E-state index in [9.17, 15) is 0 Å². The van der Waals surface area contributed by atoms with Gasteiger partial charge in [-0.1, -0.05) is 32.8 Å². The van der Waals surface area contributed by atoms with Crippen molar-refractivity contribution < 1.29 is 0 Å². The zero-order valence-corrected chi connectivity index (χ0v) is 14.6. The molecule has 0 amide bonds. The van der Waals surface area contributed by atoms with Crippen LogP contribution in [0.2, 0.25) is 0 Å². The van der Waals surface area contributed by atoms with Gasteiger partial charge in [0, 0.05) is 11.8 Å². The number of pyridine rings is 1. The number of unbranched alkanes of at least 4 members (excludes halogenated alkanes) is 2. The maximum Gasteiger partial charge on any atom is 0.0704 e. The van der Waals surface area contributed by atoms with Gasteiger partial charge < -0.3 is 0 Å². The Morgan fingerprint density at radius 1 is 0.909 bits per heavy atom. The van der Waals surface area contributed by atoms with Crippen molar-refractivity contribution in [2.24, 2.45) is 0 Å². The zero-order chi connectivity index (χ0) is 15.9. The van der Waals surface area contributed by atoms with Crippen LogP contribution in [-0.2, 0) is 12.8 Å². The Labute approximate surface area is 135 Å². The summed E-state index contributed by atoms with van der Waals surface area (Å²) in [6, 6.07) is 8.58. The molecule has 1 aromatic carbocycles. The van der Waals surface area contributed by atoms with Crippen molar-refractivity contribution in [1.29, 1.82) is 0 Å². The second-order valence-corrected chi connectivity index (χ2v) is 6.25. The van der Waals surface area contributed by atoms with Crippen molar-refractivity contribution in [3.05, 3.63) is 52.7 Å². The molecule has 1 nitrogen and oxygen atoms in total. The number of benzene rings is 1. The van der Waals surface area contributed by atoms with Crippen molar-refractivity contribution in [2.45, 2.75) is 66.2 Å². The second-order valence-electron chi connectivity index (χ2n) is 6.25. The van der Waals surface area contributed by atoms with Crippen LogP contribution in [0.5, 0.6) is 0 Å². The van der Waals surface area contributed by atoms with Gasteiger partial charge in [0.15, 0.2) is 0 Å². The molecule has 1 aromatic heterocycles. The number of hydrogen-bond acceptors (Lipinski definition) is 1. The number of rotatable bonds is 7. The first-order chi connectivity index (χ1) is 10.7. The lowest BCUT2D eigenvalue weighted by molar-refractivity contribution is 0.770. The Kier molecular flexibility index (Phi) is 6.18. The maximum absolute atomic E-state index is 4.59. The van der Waals surface area contributed by atoms with Crippen LogP contribution in [0.3, 0.4) is 0 Å². The first kappa shape index (κ1) is 16.7. The van der Waals surface area contributed by atoms with Crippen LogP contribution in [0.15, 0.2) is 30.5 Å². The molecular weight excluding hydrogens is 266 g/mol. The highest BCUT2D eigenvalue weighted by Gasteiger charge is 2.14. The number of nitrogens with zero attached hydrogens (tertiary/aromatic N) is 1. The van der Waals surface area contributed by atoms with Gasteiger partial charge in [-0.05, 0) is 80.0 Å². The van der Waals surface area contributed by atoms with Crippen molar-refractivity contribution in [3.8, 4) is 11.3 Å². The Morgan fingerprint density at radius 2 is 1.59 bits per heavy atom. The number of hydrogen-bond donors (Lipinski definition) is 0. The average Bonchev–Trinajstić information content (AvgIpc) is 2.54. The van der Waals surface area contributed by atoms with E-state index in [0.29, 0.717) is 0 Å². The Morgan fingerprint density at radius 3 is 2.18 bits per heavy atom. The van der Waals surface area contributed by atoms with Gasteiger partial charge in [0.1, 0.15) is 0 Å². The molecule has 0 saturated carbocycles. The molecule has 1 heteroatoms. The van der Waals surface area contributed by atoms with E-state index in [2.05, 4.69) is 50.9 Å². The number of aromatic nitrogens is 1. The molecule has 2 aromatic rings. The third-order valence-electron chi connectivity index (χ3n) is 4.57. The predicted octanol–water partition coefficient (Wildman–Crippen LogP) is 6.05. The highest BCUT2D eigenvalue weighted by molar-refractivity contribution is 5.68. The number of aryl methyl sites for hydroxylation is 1. The average molecular weight is 295 g/mol. The SMILES string of the molecule is CCCCc1c(C)cc(-c2ccccn2)c(CCCC)c1C. The van der Waals surface area contributed by atoms with Crippen molar-refractivity contribution in [1.82, 2.24) is 4.98 Å². The lowest BCUT2D eigenvalue weighted by Gasteiger charge is -2.19. The van der Waals surface area contributed by atoms with E-state index in [1.807, 2.05) is 12.3 Å². The molecule has 0 unspecified atom stereocenters. The monoisotopic (exact) mass is 295 g/mol. The van der Waals surface area contributed by atoms with Gasteiger partial charge in [-0.3, -0.25) is 4.98 Å². The van der Waals surface area contributed by atoms with E-state index < -0.39 is 0 Å². The van der Waals surface area contributed by atoms with Gasteiger partial charge in [0.2, 0.25) is 0 Å². The highest BCUT2D eigenvalue weighted by Crippen LogP contribution is 2.31. The largest absolute Gasteiger partial charge is 0.256 e. The van der Waals surface area contributed by atoms with E-state index in [-0.39, 0.29) is 0 Å². The fourth-order valence-corrected chi connectivity index (χ4v) is 3.24. The summed E-state index contributed by atoms with van der Waals surface area (Å²) in [5.41, 5.74) is 8.45. The Balaban J connectivity index is 2.52.